The molecule has 7 heteroatoms. The van der Waals surface area contributed by atoms with Gasteiger partial charge in [0.15, 0.2) is 18.1 Å². The van der Waals surface area contributed by atoms with Crippen molar-refractivity contribution in [2.75, 3.05) is 13.7 Å². The van der Waals surface area contributed by atoms with Crippen molar-refractivity contribution in [3.8, 4) is 17.2 Å². The molecule has 0 aliphatic heterocycles. The first kappa shape index (κ1) is 17.2. The number of methoxy groups -OCH3 is 1. The van der Waals surface area contributed by atoms with Gasteiger partial charge in [0.1, 0.15) is 5.75 Å². The van der Waals surface area contributed by atoms with Gasteiger partial charge in [0, 0.05) is 12.6 Å². The van der Waals surface area contributed by atoms with Crippen LogP contribution in [0.3, 0.4) is 0 Å². The number of carbonyl (C=O) groups excluding carboxylic acids is 1. The van der Waals surface area contributed by atoms with Gasteiger partial charge >= 0.3 is 0 Å². The van der Waals surface area contributed by atoms with Gasteiger partial charge in [0.05, 0.1) is 17.2 Å². The number of benzene rings is 2. The van der Waals surface area contributed by atoms with Gasteiger partial charge in [-0.25, -0.2) is 0 Å². The maximum atomic E-state index is 11.8. The summed E-state index contributed by atoms with van der Waals surface area (Å²) >= 11 is 11.7. The highest BCUT2D eigenvalue weighted by Crippen LogP contribution is 2.27. The van der Waals surface area contributed by atoms with Crippen molar-refractivity contribution in [3.05, 3.63) is 52.0 Å². The summed E-state index contributed by atoms with van der Waals surface area (Å²) in [4.78, 5) is 11.8. The molecule has 1 amide bonds. The average Bonchev–Trinajstić information content (AvgIpc) is 2.55. The summed E-state index contributed by atoms with van der Waals surface area (Å²) in [5.41, 5.74) is 0.794. The quantitative estimate of drug-likeness (QED) is 0.833. The zero-order valence-electron chi connectivity index (χ0n) is 12.3. The van der Waals surface area contributed by atoms with Gasteiger partial charge in [-0.2, -0.15) is 0 Å². The monoisotopic (exact) mass is 355 g/mol. The summed E-state index contributed by atoms with van der Waals surface area (Å²) in [5, 5.41) is 13.0. The molecule has 0 aliphatic rings. The molecule has 0 heterocycles. The fourth-order valence-corrected chi connectivity index (χ4v) is 2.09. The predicted octanol–water partition coefficient (Wildman–Crippen LogP) is 3.40. The van der Waals surface area contributed by atoms with Crippen molar-refractivity contribution in [3.63, 3.8) is 0 Å². The van der Waals surface area contributed by atoms with E-state index >= 15 is 0 Å². The Morgan fingerprint density at radius 2 is 1.96 bits per heavy atom. The summed E-state index contributed by atoms with van der Waals surface area (Å²) in [6, 6.07) is 9.62. The Morgan fingerprint density at radius 3 is 2.65 bits per heavy atom. The van der Waals surface area contributed by atoms with E-state index in [2.05, 4.69) is 5.32 Å². The molecule has 0 fully saturated rings. The number of phenols is 1. The summed E-state index contributed by atoms with van der Waals surface area (Å²) in [7, 11) is 1.46. The van der Waals surface area contributed by atoms with Crippen LogP contribution in [0.25, 0.3) is 0 Å². The second kappa shape index (κ2) is 7.94. The largest absolute Gasteiger partial charge is 0.504 e. The van der Waals surface area contributed by atoms with Gasteiger partial charge < -0.3 is 19.9 Å². The molecular formula is C16H15Cl2NO4. The molecule has 23 heavy (non-hydrogen) atoms. The predicted molar refractivity (Wildman–Crippen MR) is 88.5 cm³/mol. The number of halogens is 2. The minimum absolute atomic E-state index is 0.0468. The van der Waals surface area contributed by atoms with Gasteiger partial charge in [-0.1, -0.05) is 29.3 Å². The maximum Gasteiger partial charge on any atom is 0.258 e. The van der Waals surface area contributed by atoms with Crippen molar-refractivity contribution in [1.29, 1.82) is 0 Å². The zero-order chi connectivity index (χ0) is 16.8. The van der Waals surface area contributed by atoms with Crippen LogP contribution in [-0.4, -0.2) is 24.7 Å². The van der Waals surface area contributed by atoms with Gasteiger partial charge in [0.25, 0.3) is 5.91 Å². The van der Waals surface area contributed by atoms with Crippen LogP contribution in [0.5, 0.6) is 17.2 Å². The van der Waals surface area contributed by atoms with E-state index in [4.69, 9.17) is 32.7 Å². The number of hydrogen-bond acceptors (Lipinski definition) is 4. The third-order valence-electron chi connectivity index (χ3n) is 2.99. The van der Waals surface area contributed by atoms with E-state index in [-0.39, 0.29) is 18.3 Å². The Labute approximate surface area is 143 Å². The van der Waals surface area contributed by atoms with Gasteiger partial charge in [-0.05, 0) is 29.8 Å². The minimum Gasteiger partial charge on any atom is -0.504 e. The number of hydrogen-bond donors (Lipinski definition) is 2. The highest BCUT2D eigenvalue weighted by molar-refractivity contribution is 6.42. The molecule has 0 radical (unpaired) electrons. The molecule has 0 aliphatic carbocycles. The Kier molecular flexibility index (Phi) is 5.96. The second-order valence-electron chi connectivity index (χ2n) is 4.65. The Hall–Kier alpha value is -2.11. The molecule has 2 N–H and O–H groups in total. The highest BCUT2D eigenvalue weighted by atomic mass is 35.5. The number of phenolic OH excluding ortho intramolecular Hbond substituents is 1. The van der Waals surface area contributed by atoms with Crippen molar-refractivity contribution in [2.24, 2.45) is 0 Å². The molecule has 0 spiro atoms. The van der Waals surface area contributed by atoms with Crippen molar-refractivity contribution < 1.29 is 19.4 Å². The van der Waals surface area contributed by atoms with E-state index in [0.29, 0.717) is 28.1 Å². The second-order valence-corrected chi connectivity index (χ2v) is 5.46. The summed E-state index contributed by atoms with van der Waals surface area (Å²) in [5.74, 6) is 0.568. The Morgan fingerprint density at radius 1 is 1.17 bits per heavy atom. The third kappa shape index (κ3) is 4.94. The first-order valence-electron chi connectivity index (χ1n) is 6.70. The van der Waals surface area contributed by atoms with Crippen LogP contribution in [-0.2, 0) is 11.3 Å². The van der Waals surface area contributed by atoms with Crippen molar-refractivity contribution in [1.82, 2.24) is 5.32 Å². The van der Waals surface area contributed by atoms with Crippen molar-refractivity contribution >= 4 is 29.1 Å². The molecule has 122 valence electrons. The van der Waals surface area contributed by atoms with Crippen LogP contribution in [0.1, 0.15) is 5.56 Å². The fraction of sp³-hybridized carbons (Fsp3) is 0.188. The molecule has 5 nitrogen and oxygen atoms in total. The van der Waals surface area contributed by atoms with E-state index in [9.17, 15) is 9.90 Å². The molecular weight excluding hydrogens is 341 g/mol. The maximum absolute atomic E-state index is 11.8. The number of nitrogens with one attached hydrogen (secondary N) is 1. The molecule has 0 bridgehead atoms. The molecule has 0 saturated carbocycles. The van der Waals surface area contributed by atoms with Gasteiger partial charge in [0.2, 0.25) is 0 Å². The lowest BCUT2D eigenvalue weighted by Gasteiger charge is -2.09. The normalized spacial score (nSPS) is 10.2. The number of ether oxygens (including phenoxy) is 2. The number of carbonyl (C=O) groups is 1. The lowest BCUT2D eigenvalue weighted by molar-refractivity contribution is -0.123. The Bertz CT molecular complexity index is 706. The SMILES string of the molecule is COc1cc(CNC(=O)COc2ccc(Cl)c(Cl)c2)ccc1O. The molecule has 0 aromatic heterocycles. The summed E-state index contributed by atoms with van der Waals surface area (Å²) in [6.45, 7) is 0.146. The van der Waals surface area contributed by atoms with Gasteiger partial charge in [-0.15, -0.1) is 0 Å². The van der Waals surface area contributed by atoms with E-state index in [1.54, 1.807) is 30.3 Å². The molecule has 2 aromatic carbocycles. The van der Waals surface area contributed by atoms with Crippen LogP contribution >= 0.6 is 23.2 Å². The Balaban J connectivity index is 1.84. The van der Waals surface area contributed by atoms with Gasteiger partial charge in [-0.3, -0.25) is 4.79 Å². The average molecular weight is 356 g/mol. The first-order valence-corrected chi connectivity index (χ1v) is 7.45. The molecule has 0 unspecified atom stereocenters. The third-order valence-corrected chi connectivity index (χ3v) is 3.73. The number of amides is 1. The van der Waals surface area contributed by atoms with Crippen LogP contribution < -0.4 is 14.8 Å². The zero-order valence-corrected chi connectivity index (χ0v) is 13.8. The minimum atomic E-state index is -0.289. The lowest BCUT2D eigenvalue weighted by Crippen LogP contribution is -2.28. The lowest BCUT2D eigenvalue weighted by atomic mass is 10.2. The molecule has 2 aromatic rings. The van der Waals surface area contributed by atoms with Crippen LogP contribution in [0, 0.1) is 0 Å². The van der Waals surface area contributed by atoms with Crippen molar-refractivity contribution in [2.45, 2.75) is 6.54 Å². The van der Waals surface area contributed by atoms with Crippen LogP contribution in [0.15, 0.2) is 36.4 Å². The molecule has 0 atom stereocenters. The summed E-state index contributed by atoms with van der Waals surface area (Å²) in [6.07, 6.45) is 0. The summed E-state index contributed by atoms with van der Waals surface area (Å²) < 4.78 is 10.3. The first-order chi connectivity index (χ1) is 11.0. The van der Waals surface area contributed by atoms with E-state index in [1.807, 2.05) is 0 Å². The standard InChI is InChI=1S/C16H15Cl2NO4/c1-22-15-6-10(2-5-14(15)20)8-19-16(21)9-23-11-3-4-12(17)13(18)7-11/h2-7,20H,8-9H2,1H3,(H,19,21). The van der Waals surface area contributed by atoms with Crippen LogP contribution in [0.4, 0.5) is 0 Å². The molecule has 0 saturated heterocycles. The van der Waals surface area contributed by atoms with E-state index in [0.717, 1.165) is 5.56 Å². The smallest absolute Gasteiger partial charge is 0.258 e. The number of aromatic hydroxyl groups is 1. The van der Waals surface area contributed by atoms with E-state index < -0.39 is 0 Å². The van der Waals surface area contributed by atoms with E-state index in [1.165, 1.54) is 13.2 Å². The number of rotatable bonds is 6. The molecule has 2 rings (SSSR count). The fourth-order valence-electron chi connectivity index (χ4n) is 1.80. The topological polar surface area (TPSA) is 67.8 Å². The highest BCUT2D eigenvalue weighted by Gasteiger charge is 2.07. The van der Waals surface area contributed by atoms with Crippen LogP contribution in [0.2, 0.25) is 10.0 Å².